The predicted molar refractivity (Wildman–Crippen MR) is 120 cm³/mol. The first-order valence-electron chi connectivity index (χ1n) is 9.64. The highest BCUT2D eigenvalue weighted by molar-refractivity contribution is 5.91. The average Bonchev–Trinajstić information content (AvgIpc) is 3.07. The van der Waals surface area contributed by atoms with Crippen molar-refractivity contribution in [3.63, 3.8) is 0 Å². The Bertz CT molecular complexity index is 948. The normalized spacial score (nSPS) is 10.7. The van der Waals surface area contributed by atoms with E-state index in [0.29, 0.717) is 30.3 Å². The number of nitrogens with one attached hydrogen (secondary N) is 1. The average molecular weight is 432 g/mol. The number of aromatic nitrogens is 2. The van der Waals surface area contributed by atoms with Gasteiger partial charge in [0, 0.05) is 25.7 Å². The third-order valence-corrected chi connectivity index (χ3v) is 4.55. The molecular formula is C22H27ClFN5O. The van der Waals surface area contributed by atoms with Gasteiger partial charge in [-0.2, -0.15) is 5.10 Å². The van der Waals surface area contributed by atoms with Gasteiger partial charge in [0.25, 0.3) is 0 Å². The molecule has 0 atom stereocenters. The maximum atomic E-state index is 14.2. The fraction of sp³-hybridized carbons (Fsp3) is 0.273. The lowest BCUT2D eigenvalue weighted by atomic mass is 10.1. The molecule has 6 nitrogen and oxygen atoms in total. The largest absolute Gasteiger partial charge is 0.329 e. The summed E-state index contributed by atoms with van der Waals surface area (Å²) in [6.45, 7) is 3.81. The highest BCUT2D eigenvalue weighted by Gasteiger charge is 2.16. The van der Waals surface area contributed by atoms with Gasteiger partial charge in [0.2, 0.25) is 5.91 Å². The van der Waals surface area contributed by atoms with Crippen molar-refractivity contribution in [3.05, 3.63) is 77.7 Å². The highest BCUT2D eigenvalue weighted by Crippen LogP contribution is 2.19. The van der Waals surface area contributed by atoms with E-state index in [-0.39, 0.29) is 24.9 Å². The molecular weight excluding hydrogens is 405 g/mol. The van der Waals surface area contributed by atoms with Gasteiger partial charge < -0.3 is 11.1 Å². The Kier molecular flexibility index (Phi) is 8.98. The molecule has 0 aliphatic heterocycles. The van der Waals surface area contributed by atoms with E-state index in [2.05, 4.69) is 22.5 Å². The van der Waals surface area contributed by atoms with Crippen molar-refractivity contribution in [3.8, 4) is 5.69 Å². The maximum Gasteiger partial charge on any atom is 0.239 e. The first kappa shape index (κ1) is 23.5. The summed E-state index contributed by atoms with van der Waals surface area (Å²) in [5.41, 5.74) is 7.91. The van der Waals surface area contributed by atoms with Crippen LogP contribution in [0.5, 0.6) is 0 Å². The lowest BCUT2D eigenvalue weighted by molar-refractivity contribution is -0.117. The first-order chi connectivity index (χ1) is 14.1. The Labute approximate surface area is 182 Å². The lowest BCUT2D eigenvalue weighted by Gasteiger charge is -2.21. The van der Waals surface area contributed by atoms with E-state index in [1.54, 1.807) is 31.2 Å². The summed E-state index contributed by atoms with van der Waals surface area (Å²) < 4.78 is 15.6. The van der Waals surface area contributed by atoms with Crippen molar-refractivity contribution in [2.75, 3.05) is 31.5 Å². The molecule has 0 aliphatic rings. The second-order valence-electron chi connectivity index (χ2n) is 6.88. The minimum Gasteiger partial charge on any atom is -0.329 e. The summed E-state index contributed by atoms with van der Waals surface area (Å²) in [7, 11) is 0. The molecule has 0 radical (unpaired) electrons. The van der Waals surface area contributed by atoms with Gasteiger partial charge in [0.1, 0.15) is 17.3 Å². The van der Waals surface area contributed by atoms with Gasteiger partial charge in [-0.3, -0.25) is 9.69 Å². The molecule has 1 heterocycles. The van der Waals surface area contributed by atoms with Crippen molar-refractivity contribution in [2.45, 2.75) is 13.3 Å². The molecule has 1 amide bonds. The third-order valence-electron chi connectivity index (χ3n) is 4.55. The summed E-state index contributed by atoms with van der Waals surface area (Å²) in [5.74, 6) is -0.156. The van der Waals surface area contributed by atoms with Crippen LogP contribution in [0.3, 0.4) is 0 Å². The van der Waals surface area contributed by atoms with Crippen molar-refractivity contribution in [1.29, 1.82) is 0 Å². The highest BCUT2D eigenvalue weighted by atomic mass is 35.5. The van der Waals surface area contributed by atoms with E-state index in [1.165, 1.54) is 16.3 Å². The Morgan fingerprint density at radius 3 is 2.53 bits per heavy atom. The maximum absolute atomic E-state index is 14.2. The predicted octanol–water partition coefficient (Wildman–Crippen LogP) is 3.18. The fourth-order valence-electron chi connectivity index (χ4n) is 3.17. The molecule has 0 spiro atoms. The van der Waals surface area contributed by atoms with Crippen LogP contribution >= 0.6 is 12.4 Å². The first-order valence-corrected chi connectivity index (χ1v) is 9.64. The summed E-state index contributed by atoms with van der Waals surface area (Å²) in [4.78, 5) is 14.7. The topological polar surface area (TPSA) is 76.2 Å². The Balaban J connectivity index is 0.00000320. The number of hydrogen-bond acceptors (Lipinski definition) is 4. The lowest BCUT2D eigenvalue weighted by Crippen LogP contribution is -2.38. The number of nitrogens with zero attached hydrogens (tertiary/aromatic N) is 3. The second-order valence-corrected chi connectivity index (χ2v) is 6.88. The molecule has 8 heteroatoms. The quantitative estimate of drug-likeness (QED) is 0.545. The standard InChI is InChI=1S/C22H26FN5O.ClH/c1-17-15-21(28(26-17)20-10-6-5-9-19(20)23)25-22(29)16-27(14-12-24)13-11-18-7-3-2-4-8-18;/h2-10,15H,11-14,16,24H2,1H3,(H,25,29);1H. The van der Waals surface area contributed by atoms with Crippen LogP contribution < -0.4 is 11.1 Å². The zero-order chi connectivity index (χ0) is 20.6. The number of carbonyl (C=O) groups excluding carboxylic acids is 1. The van der Waals surface area contributed by atoms with E-state index in [4.69, 9.17) is 5.73 Å². The van der Waals surface area contributed by atoms with Gasteiger partial charge in [0.05, 0.1) is 12.2 Å². The fourth-order valence-corrected chi connectivity index (χ4v) is 3.17. The van der Waals surface area contributed by atoms with Gasteiger partial charge in [-0.25, -0.2) is 9.07 Å². The van der Waals surface area contributed by atoms with Crippen LogP contribution in [0, 0.1) is 12.7 Å². The Morgan fingerprint density at radius 1 is 1.13 bits per heavy atom. The number of nitrogens with two attached hydrogens (primary N) is 1. The van der Waals surface area contributed by atoms with Crippen LogP contribution in [0.4, 0.5) is 10.2 Å². The Morgan fingerprint density at radius 2 is 1.83 bits per heavy atom. The molecule has 2 aromatic carbocycles. The number of para-hydroxylation sites is 1. The van der Waals surface area contributed by atoms with Crippen LogP contribution in [-0.2, 0) is 11.2 Å². The molecule has 0 saturated heterocycles. The molecule has 30 heavy (non-hydrogen) atoms. The molecule has 0 saturated carbocycles. The van der Waals surface area contributed by atoms with Crippen molar-refractivity contribution in [2.24, 2.45) is 5.73 Å². The SMILES string of the molecule is Cc1cc(NC(=O)CN(CCN)CCc2ccccc2)n(-c2ccccc2F)n1.Cl. The monoisotopic (exact) mass is 431 g/mol. The number of carbonyl (C=O) groups is 1. The molecule has 1 aromatic heterocycles. The summed E-state index contributed by atoms with van der Waals surface area (Å²) in [5, 5.41) is 7.17. The molecule has 0 aliphatic carbocycles. The molecule has 0 fully saturated rings. The second kappa shape index (κ2) is 11.4. The van der Waals surface area contributed by atoms with E-state index in [1.807, 2.05) is 23.1 Å². The van der Waals surface area contributed by atoms with Gasteiger partial charge in [-0.05, 0) is 31.0 Å². The molecule has 3 rings (SSSR count). The number of amides is 1. The van der Waals surface area contributed by atoms with Crippen LogP contribution in [0.25, 0.3) is 5.69 Å². The summed E-state index contributed by atoms with van der Waals surface area (Å²) in [6, 6.07) is 18.2. The Hall–Kier alpha value is -2.74. The molecule has 160 valence electrons. The summed E-state index contributed by atoms with van der Waals surface area (Å²) >= 11 is 0. The van der Waals surface area contributed by atoms with Crippen LogP contribution in [0.1, 0.15) is 11.3 Å². The van der Waals surface area contributed by atoms with Crippen LogP contribution in [0.2, 0.25) is 0 Å². The van der Waals surface area contributed by atoms with Crippen molar-refractivity contribution in [1.82, 2.24) is 14.7 Å². The van der Waals surface area contributed by atoms with Crippen molar-refractivity contribution >= 4 is 24.1 Å². The number of anilines is 1. The molecule has 3 N–H and O–H groups in total. The molecule has 0 bridgehead atoms. The smallest absolute Gasteiger partial charge is 0.239 e. The van der Waals surface area contributed by atoms with Crippen LogP contribution in [0.15, 0.2) is 60.7 Å². The zero-order valence-electron chi connectivity index (χ0n) is 16.9. The molecule has 3 aromatic rings. The summed E-state index contributed by atoms with van der Waals surface area (Å²) in [6.07, 6.45) is 0.834. The number of halogens is 2. The minimum absolute atomic E-state index is 0. The van der Waals surface area contributed by atoms with Crippen LogP contribution in [-0.4, -0.2) is 46.8 Å². The van der Waals surface area contributed by atoms with E-state index >= 15 is 0 Å². The minimum atomic E-state index is -0.404. The number of rotatable bonds is 9. The number of aryl methyl sites for hydroxylation is 1. The zero-order valence-corrected chi connectivity index (χ0v) is 17.7. The van der Waals surface area contributed by atoms with Gasteiger partial charge in [-0.15, -0.1) is 12.4 Å². The van der Waals surface area contributed by atoms with E-state index < -0.39 is 5.82 Å². The van der Waals surface area contributed by atoms with E-state index in [9.17, 15) is 9.18 Å². The molecule has 0 unspecified atom stereocenters. The van der Waals surface area contributed by atoms with Gasteiger partial charge in [-0.1, -0.05) is 42.5 Å². The number of benzene rings is 2. The van der Waals surface area contributed by atoms with Gasteiger partial charge in [0.15, 0.2) is 0 Å². The van der Waals surface area contributed by atoms with E-state index in [0.717, 1.165) is 13.0 Å². The number of hydrogen-bond donors (Lipinski definition) is 2. The third kappa shape index (κ3) is 6.38. The van der Waals surface area contributed by atoms with Crippen molar-refractivity contribution < 1.29 is 9.18 Å². The van der Waals surface area contributed by atoms with Gasteiger partial charge >= 0.3 is 0 Å².